The number of rotatable bonds is 6. The van der Waals surface area contributed by atoms with Crippen LogP contribution in [0.4, 0.5) is 0 Å². The molecule has 1 N–H and O–H groups in total. The number of benzene rings is 1. The van der Waals surface area contributed by atoms with Crippen LogP contribution in [0.1, 0.15) is 22.5 Å². The number of aromatic carboxylic acids is 1. The van der Waals surface area contributed by atoms with Crippen LogP contribution in [0.5, 0.6) is 0 Å². The van der Waals surface area contributed by atoms with Crippen molar-refractivity contribution >= 4 is 11.9 Å². The lowest BCUT2D eigenvalue weighted by Gasteiger charge is -2.15. The van der Waals surface area contributed by atoms with Crippen molar-refractivity contribution in [1.29, 1.82) is 0 Å². The van der Waals surface area contributed by atoms with Gasteiger partial charge >= 0.3 is 5.97 Å². The summed E-state index contributed by atoms with van der Waals surface area (Å²) >= 11 is 0. The minimum atomic E-state index is -0.951. The third-order valence-electron chi connectivity index (χ3n) is 4.54. The van der Waals surface area contributed by atoms with Gasteiger partial charge in [-0.2, -0.15) is 0 Å². The number of hydrogen-bond acceptors (Lipinski definition) is 5. The molecule has 1 unspecified atom stereocenters. The van der Waals surface area contributed by atoms with Gasteiger partial charge < -0.3 is 14.7 Å². The van der Waals surface area contributed by atoms with Gasteiger partial charge in [-0.25, -0.2) is 4.79 Å². The van der Waals surface area contributed by atoms with E-state index in [1.807, 2.05) is 4.90 Å². The van der Waals surface area contributed by atoms with Crippen LogP contribution in [-0.2, 0) is 16.0 Å². The fourth-order valence-corrected chi connectivity index (χ4v) is 3.13. The molecule has 1 atom stereocenters. The average Bonchev–Trinajstić information content (AvgIpc) is 3.11. The Morgan fingerprint density at radius 3 is 2.62 bits per heavy atom. The number of nitrogens with zero attached hydrogens (tertiary/aromatic N) is 3. The van der Waals surface area contributed by atoms with Gasteiger partial charge in [0.25, 0.3) is 0 Å². The maximum atomic E-state index is 11.8. The smallest absolute Gasteiger partial charge is 0.335 e. The molecule has 1 aliphatic heterocycles. The van der Waals surface area contributed by atoms with Crippen LogP contribution in [0.25, 0.3) is 11.3 Å². The Balaban J connectivity index is 1.60. The Bertz CT molecular complexity index is 774. The van der Waals surface area contributed by atoms with Crippen LogP contribution in [0.3, 0.4) is 0 Å². The molecule has 1 aromatic carbocycles. The van der Waals surface area contributed by atoms with E-state index in [4.69, 9.17) is 9.84 Å². The second-order valence-corrected chi connectivity index (χ2v) is 6.41. The highest BCUT2D eigenvalue weighted by Crippen LogP contribution is 2.21. The predicted molar refractivity (Wildman–Crippen MR) is 94.7 cm³/mol. The average molecular weight is 355 g/mol. The normalized spacial score (nSPS) is 16.7. The molecular formula is C19H21N3O4. The molecule has 1 aliphatic rings. The summed E-state index contributed by atoms with van der Waals surface area (Å²) in [5, 5.41) is 8.94. The summed E-state index contributed by atoms with van der Waals surface area (Å²) in [6.07, 6.45) is 5.19. The van der Waals surface area contributed by atoms with Gasteiger partial charge in [0.05, 0.1) is 23.1 Å². The van der Waals surface area contributed by atoms with Crippen molar-refractivity contribution in [3.63, 3.8) is 0 Å². The zero-order chi connectivity index (χ0) is 18.5. The standard InChI is InChI=1S/C19H21N3O4/c1-26-12-18(23)22-7-6-13(11-22)8-16-9-21-17(10-20-16)14-2-4-15(5-3-14)19(24)25/h2-5,9-10,13H,6-8,11-12H2,1H3,(H,24,25). The van der Waals surface area contributed by atoms with Crippen molar-refractivity contribution in [2.75, 3.05) is 26.8 Å². The van der Waals surface area contributed by atoms with Crippen LogP contribution < -0.4 is 0 Å². The molecule has 1 fully saturated rings. The van der Waals surface area contributed by atoms with Crippen molar-refractivity contribution in [3.8, 4) is 11.3 Å². The number of carboxylic acid groups (broad SMARTS) is 1. The van der Waals surface area contributed by atoms with Gasteiger partial charge in [0.15, 0.2) is 0 Å². The van der Waals surface area contributed by atoms with Crippen LogP contribution in [-0.4, -0.2) is 58.7 Å². The summed E-state index contributed by atoms with van der Waals surface area (Å²) in [4.78, 5) is 33.5. The Labute approximate surface area is 151 Å². The Morgan fingerprint density at radius 2 is 2.00 bits per heavy atom. The van der Waals surface area contributed by atoms with Gasteiger partial charge in [-0.3, -0.25) is 14.8 Å². The van der Waals surface area contributed by atoms with Crippen LogP contribution in [0.15, 0.2) is 36.7 Å². The first-order chi connectivity index (χ1) is 12.6. The zero-order valence-corrected chi connectivity index (χ0v) is 14.6. The lowest BCUT2D eigenvalue weighted by atomic mass is 10.0. The molecule has 0 aliphatic carbocycles. The Kier molecular flexibility index (Phi) is 5.58. The minimum Gasteiger partial charge on any atom is -0.478 e. The first-order valence-corrected chi connectivity index (χ1v) is 8.48. The summed E-state index contributed by atoms with van der Waals surface area (Å²) < 4.78 is 4.90. The lowest BCUT2D eigenvalue weighted by molar-refractivity contribution is -0.134. The Morgan fingerprint density at radius 1 is 1.23 bits per heavy atom. The summed E-state index contributed by atoms with van der Waals surface area (Å²) in [6, 6.07) is 6.56. The largest absolute Gasteiger partial charge is 0.478 e. The van der Waals surface area contributed by atoms with Crippen molar-refractivity contribution in [2.24, 2.45) is 5.92 Å². The minimum absolute atomic E-state index is 0.0289. The summed E-state index contributed by atoms with van der Waals surface area (Å²) in [5.74, 6) is -0.542. The second-order valence-electron chi connectivity index (χ2n) is 6.41. The third kappa shape index (κ3) is 4.23. The number of carbonyl (C=O) groups excluding carboxylic acids is 1. The fraction of sp³-hybridized carbons (Fsp3) is 0.368. The number of carbonyl (C=O) groups is 2. The molecule has 0 bridgehead atoms. The maximum Gasteiger partial charge on any atom is 0.335 e. The predicted octanol–water partition coefficient (Wildman–Crippen LogP) is 1.88. The third-order valence-corrected chi connectivity index (χ3v) is 4.54. The van der Waals surface area contributed by atoms with E-state index in [0.29, 0.717) is 11.6 Å². The highest BCUT2D eigenvalue weighted by molar-refractivity contribution is 5.88. The summed E-state index contributed by atoms with van der Waals surface area (Å²) in [5.41, 5.74) is 2.66. The van der Waals surface area contributed by atoms with Gasteiger partial charge in [0, 0.05) is 32.0 Å². The maximum absolute atomic E-state index is 11.8. The second kappa shape index (κ2) is 8.05. The van der Waals surface area contributed by atoms with Gasteiger partial charge in [-0.1, -0.05) is 12.1 Å². The van der Waals surface area contributed by atoms with Gasteiger partial charge in [-0.05, 0) is 30.9 Å². The molecule has 26 heavy (non-hydrogen) atoms. The van der Waals surface area contributed by atoms with E-state index < -0.39 is 5.97 Å². The number of hydrogen-bond donors (Lipinski definition) is 1. The molecular weight excluding hydrogens is 334 g/mol. The SMILES string of the molecule is COCC(=O)N1CCC(Cc2cnc(-c3ccc(C(=O)O)cc3)cn2)C1. The number of ether oxygens (including phenoxy) is 1. The first-order valence-electron chi connectivity index (χ1n) is 8.48. The molecule has 1 aromatic heterocycles. The van der Waals surface area contributed by atoms with E-state index in [2.05, 4.69) is 9.97 Å². The van der Waals surface area contributed by atoms with Crippen molar-refractivity contribution in [3.05, 3.63) is 47.9 Å². The molecule has 2 aromatic rings. The monoisotopic (exact) mass is 355 g/mol. The van der Waals surface area contributed by atoms with E-state index in [9.17, 15) is 9.59 Å². The molecule has 1 saturated heterocycles. The number of carboxylic acids is 1. The number of amides is 1. The molecule has 2 heterocycles. The molecule has 7 nitrogen and oxygen atoms in total. The number of likely N-dealkylation sites (tertiary alicyclic amines) is 1. The van der Waals surface area contributed by atoms with Crippen LogP contribution in [0.2, 0.25) is 0 Å². The lowest BCUT2D eigenvalue weighted by Crippen LogP contribution is -2.31. The first kappa shape index (κ1) is 18.0. The van der Waals surface area contributed by atoms with E-state index in [1.165, 1.54) is 7.11 Å². The molecule has 0 saturated carbocycles. The highest BCUT2D eigenvalue weighted by atomic mass is 16.5. The molecule has 0 radical (unpaired) electrons. The van der Waals surface area contributed by atoms with E-state index >= 15 is 0 Å². The van der Waals surface area contributed by atoms with Crippen LogP contribution in [0, 0.1) is 5.92 Å². The van der Waals surface area contributed by atoms with Crippen molar-refractivity contribution < 1.29 is 19.4 Å². The van der Waals surface area contributed by atoms with E-state index in [1.54, 1.807) is 36.7 Å². The quantitative estimate of drug-likeness (QED) is 0.850. The zero-order valence-electron chi connectivity index (χ0n) is 14.6. The molecule has 3 rings (SSSR count). The summed E-state index contributed by atoms with van der Waals surface area (Å²) in [7, 11) is 1.53. The summed E-state index contributed by atoms with van der Waals surface area (Å²) in [6.45, 7) is 1.61. The molecule has 136 valence electrons. The Hall–Kier alpha value is -2.80. The molecule has 1 amide bonds. The van der Waals surface area contributed by atoms with E-state index in [-0.39, 0.29) is 18.1 Å². The van der Waals surface area contributed by atoms with Gasteiger partial charge in [0.2, 0.25) is 5.91 Å². The topological polar surface area (TPSA) is 92.6 Å². The number of aromatic nitrogens is 2. The van der Waals surface area contributed by atoms with Crippen molar-refractivity contribution in [1.82, 2.24) is 14.9 Å². The van der Waals surface area contributed by atoms with Gasteiger partial charge in [-0.15, -0.1) is 0 Å². The highest BCUT2D eigenvalue weighted by Gasteiger charge is 2.26. The van der Waals surface area contributed by atoms with Gasteiger partial charge in [0.1, 0.15) is 6.61 Å². The van der Waals surface area contributed by atoms with Crippen LogP contribution >= 0.6 is 0 Å². The fourth-order valence-electron chi connectivity index (χ4n) is 3.13. The number of methoxy groups -OCH3 is 1. The molecule has 0 spiro atoms. The van der Waals surface area contributed by atoms with Crippen molar-refractivity contribution in [2.45, 2.75) is 12.8 Å². The molecule has 7 heteroatoms. The van der Waals surface area contributed by atoms with E-state index in [0.717, 1.165) is 37.2 Å².